The number of unbranched alkanes of at least 4 members (excludes halogenated alkanes) is 1. The number of nitrogens with one attached hydrogen (secondary N) is 7. The zero-order valence-corrected chi connectivity index (χ0v) is 43.5. The number of aliphatic carboxylic acids is 1. The molecule has 16 N–H and O–H groups in total. The lowest BCUT2D eigenvalue weighted by Gasteiger charge is -2.31. The molecule has 1 aromatic heterocycles. The van der Waals surface area contributed by atoms with Crippen molar-refractivity contribution in [2.24, 2.45) is 39.8 Å². The second-order valence-corrected chi connectivity index (χ2v) is 19.7. The van der Waals surface area contributed by atoms with Gasteiger partial charge in [-0.2, -0.15) is 0 Å². The molecule has 1 aliphatic heterocycles. The number of carbonyl (C=O) groups is 8. The predicted octanol–water partition coefficient (Wildman–Crippen LogP) is -0.366. The molecule has 0 saturated carbocycles. The Labute approximate surface area is 438 Å². The number of aliphatic imine (C=N–C) groups is 1. The number of hydrogen-bond donors (Lipinski definition) is 12. The van der Waals surface area contributed by atoms with E-state index < -0.39 is 102 Å². The topological polar surface area (TPSA) is 377 Å². The van der Waals surface area contributed by atoms with E-state index in [1.54, 1.807) is 13.8 Å². The summed E-state index contributed by atoms with van der Waals surface area (Å²) in [7, 11) is 0. The molecule has 0 aliphatic carbocycles. The van der Waals surface area contributed by atoms with Gasteiger partial charge in [-0.05, 0) is 87.3 Å². The zero-order valence-electron chi connectivity index (χ0n) is 43.5. The maximum atomic E-state index is 14.5. The number of hydrogen-bond acceptors (Lipinski definition) is 12. The van der Waals surface area contributed by atoms with E-state index in [0.717, 1.165) is 11.1 Å². The Hall–Kier alpha value is -7.40. The number of nitrogens with zero attached hydrogens (tertiary/aromatic N) is 3. The maximum absolute atomic E-state index is 14.5. The number of carbonyl (C=O) groups excluding carboxylic acids is 7. The van der Waals surface area contributed by atoms with Crippen LogP contribution in [-0.4, -0.2) is 141 Å². The summed E-state index contributed by atoms with van der Waals surface area (Å²) in [6.45, 7) is 7.75. The standard InChI is InChI=1S/C52H78N14O9/c1-31(2)25-39(46(69)60-37(19-11-12-22-53)45(68)61-38(51(74)75)20-13-23-58-52(55)56)62-47(70)40(28-35-29-57-30-59-35)63-49(72)43(32(3)4)65-48(71)42-21-14-24-66(42)50(73)41(27-34-17-9-6-10-18-34)64-44(67)36(54)26-33-15-7-5-8-16-33/h5-10,15-18,29-32,36-43H,11-14,19-28,53-54H2,1-4H3,(H,57,59)(H,60,69)(H,61,68)(H,62,70)(H,63,72)(H,64,67)(H,65,71)(H,74,75)(H4,55,56,58). The van der Waals surface area contributed by atoms with Crippen molar-refractivity contribution in [2.45, 2.75) is 147 Å². The molecular formula is C52H78N14O9. The fourth-order valence-electron chi connectivity index (χ4n) is 8.71. The Kier molecular flexibility index (Phi) is 24.6. The van der Waals surface area contributed by atoms with Crippen LogP contribution in [0.25, 0.3) is 0 Å². The average Bonchev–Trinajstić information content (AvgIpc) is 4.09. The van der Waals surface area contributed by atoms with Crippen LogP contribution < -0.4 is 54.8 Å². The minimum Gasteiger partial charge on any atom is -0.480 e. The first kappa shape index (κ1) is 60.2. The Morgan fingerprint density at radius 2 is 1.28 bits per heavy atom. The van der Waals surface area contributed by atoms with Crippen LogP contribution in [0, 0.1) is 11.8 Å². The number of imidazole rings is 1. The van der Waals surface area contributed by atoms with E-state index in [0.29, 0.717) is 31.5 Å². The van der Waals surface area contributed by atoms with Crippen LogP contribution in [0.1, 0.15) is 95.9 Å². The molecule has 0 spiro atoms. The highest BCUT2D eigenvalue weighted by atomic mass is 16.4. The SMILES string of the molecule is CC(C)CC(NC(=O)C(Cc1cnc[nH]1)NC(=O)C(NC(=O)C1CCCN1C(=O)C(Cc1ccccc1)NC(=O)C(N)Cc1ccccc1)C(C)C)C(=O)NC(CCCCN)C(=O)NC(CCCN=C(N)N)C(=O)O. The lowest BCUT2D eigenvalue weighted by Crippen LogP contribution is -2.61. The number of carboxylic acids is 1. The third-order valence-electron chi connectivity index (χ3n) is 12.7. The zero-order chi connectivity index (χ0) is 55.0. The first-order valence-corrected chi connectivity index (χ1v) is 25.7. The third-order valence-corrected chi connectivity index (χ3v) is 12.7. The number of rotatable bonds is 31. The summed E-state index contributed by atoms with van der Waals surface area (Å²) in [5, 5.41) is 26.3. The summed E-state index contributed by atoms with van der Waals surface area (Å²) >= 11 is 0. The van der Waals surface area contributed by atoms with Crippen LogP contribution >= 0.6 is 0 Å². The number of likely N-dealkylation sites (tertiary alicyclic amines) is 1. The number of nitrogens with two attached hydrogens (primary N) is 4. The number of amides is 7. The van der Waals surface area contributed by atoms with Gasteiger partial charge in [0.05, 0.1) is 12.4 Å². The van der Waals surface area contributed by atoms with Crippen molar-refractivity contribution in [2.75, 3.05) is 19.6 Å². The van der Waals surface area contributed by atoms with Gasteiger partial charge in [-0.15, -0.1) is 0 Å². The van der Waals surface area contributed by atoms with Gasteiger partial charge in [-0.3, -0.25) is 38.6 Å². The first-order valence-electron chi connectivity index (χ1n) is 25.7. The largest absolute Gasteiger partial charge is 0.480 e. The van der Waals surface area contributed by atoms with E-state index in [1.807, 2.05) is 74.5 Å². The van der Waals surface area contributed by atoms with E-state index in [-0.39, 0.29) is 76.3 Å². The number of aromatic nitrogens is 2. The summed E-state index contributed by atoms with van der Waals surface area (Å²) in [5.41, 5.74) is 24.9. The minimum absolute atomic E-state index is 0.000502. The summed E-state index contributed by atoms with van der Waals surface area (Å²) in [6.07, 6.45) is 5.28. The summed E-state index contributed by atoms with van der Waals surface area (Å²) < 4.78 is 0. The summed E-state index contributed by atoms with van der Waals surface area (Å²) in [5.74, 6) is -6.70. The Bertz CT molecular complexity index is 2350. The summed E-state index contributed by atoms with van der Waals surface area (Å²) in [6, 6.07) is 9.13. The van der Waals surface area contributed by atoms with Gasteiger partial charge in [0.2, 0.25) is 41.4 Å². The minimum atomic E-state index is -1.32. The first-order chi connectivity index (χ1) is 35.8. The predicted molar refractivity (Wildman–Crippen MR) is 282 cm³/mol. The van der Waals surface area contributed by atoms with Crippen LogP contribution in [0.15, 0.2) is 78.2 Å². The van der Waals surface area contributed by atoms with Crippen LogP contribution in [-0.2, 0) is 57.6 Å². The van der Waals surface area contributed by atoms with Crippen LogP contribution in [0.3, 0.4) is 0 Å². The highest BCUT2D eigenvalue weighted by Crippen LogP contribution is 2.21. The quantitative estimate of drug-likeness (QED) is 0.0223. The Balaban J connectivity index is 1.51. The van der Waals surface area contributed by atoms with Crippen molar-refractivity contribution < 1.29 is 43.5 Å². The lowest BCUT2D eigenvalue weighted by molar-refractivity contribution is -0.142. The number of H-pyrrole nitrogens is 1. The molecule has 1 aliphatic rings. The van der Waals surface area contributed by atoms with Crippen molar-refractivity contribution in [3.63, 3.8) is 0 Å². The van der Waals surface area contributed by atoms with Gasteiger partial charge in [0, 0.05) is 37.8 Å². The molecule has 8 unspecified atom stereocenters. The number of benzene rings is 2. The van der Waals surface area contributed by atoms with Crippen molar-refractivity contribution in [3.05, 3.63) is 90.0 Å². The summed E-state index contributed by atoms with van der Waals surface area (Å²) in [4.78, 5) is 123. The molecule has 3 aromatic rings. The third kappa shape index (κ3) is 20.1. The van der Waals surface area contributed by atoms with Gasteiger partial charge >= 0.3 is 5.97 Å². The van der Waals surface area contributed by atoms with Gasteiger partial charge in [0.25, 0.3) is 0 Å². The molecule has 8 atom stereocenters. The van der Waals surface area contributed by atoms with Crippen LogP contribution in [0.2, 0.25) is 0 Å². The van der Waals surface area contributed by atoms with E-state index >= 15 is 0 Å². The molecule has 1 saturated heterocycles. The molecular weight excluding hydrogens is 965 g/mol. The monoisotopic (exact) mass is 1040 g/mol. The second-order valence-electron chi connectivity index (χ2n) is 19.7. The van der Waals surface area contributed by atoms with Crippen LogP contribution in [0.4, 0.5) is 0 Å². The highest BCUT2D eigenvalue weighted by molar-refractivity contribution is 5.98. The fourth-order valence-corrected chi connectivity index (χ4v) is 8.71. The van der Waals surface area contributed by atoms with Crippen molar-refractivity contribution >= 4 is 53.3 Å². The smallest absolute Gasteiger partial charge is 0.326 e. The van der Waals surface area contributed by atoms with E-state index in [1.165, 1.54) is 17.4 Å². The molecule has 7 amide bonds. The van der Waals surface area contributed by atoms with E-state index in [4.69, 9.17) is 22.9 Å². The Morgan fingerprint density at radius 1 is 0.707 bits per heavy atom. The van der Waals surface area contributed by atoms with Gasteiger partial charge < -0.3 is 69.8 Å². The maximum Gasteiger partial charge on any atom is 0.326 e. The molecule has 0 radical (unpaired) electrons. The fraction of sp³-hybridized carbons (Fsp3) is 0.538. The molecule has 2 aromatic carbocycles. The molecule has 4 rings (SSSR count). The van der Waals surface area contributed by atoms with Crippen molar-refractivity contribution in [3.8, 4) is 0 Å². The Morgan fingerprint density at radius 3 is 1.87 bits per heavy atom. The van der Waals surface area contributed by atoms with Gasteiger partial charge in [0.15, 0.2) is 5.96 Å². The molecule has 2 heterocycles. The van der Waals surface area contributed by atoms with Gasteiger partial charge in [0.1, 0.15) is 42.3 Å². The van der Waals surface area contributed by atoms with Crippen molar-refractivity contribution in [1.29, 1.82) is 0 Å². The van der Waals surface area contributed by atoms with Gasteiger partial charge in [-0.25, -0.2) is 9.78 Å². The number of carboxylic acid groups (broad SMARTS) is 1. The normalized spacial score (nSPS) is 16.1. The molecule has 1 fully saturated rings. The lowest BCUT2D eigenvalue weighted by atomic mass is 9.99. The van der Waals surface area contributed by atoms with E-state index in [9.17, 15) is 43.5 Å². The molecule has 23 nitrogen and oxygen atoms in total. The molecule has 410 valence electrons. The highest BCUT2D eigenvalue weighted by Gasteiger charge is 2.41. The number of guanidine groups is 1. The molecule has 0 bridgehead atoms. The van der Waals surface area contributed by atoms with Crippen LogP contribution in [0.5, 0.6) is 0 Å². The average molecular weight is 1040 g/mol. The van der Waals surface area contributed by atoms with Crippen molar-refractivity contribution in [1.82, 2.24) is 46.8 Å². The molecule has 23 heteroatoms. The van der Waals surface area contributed by atoms with Gasteiger partial charge in [-0.1, -0.05) is 88.4 Å². The second kappa shape index (κ2) is 30.7. The van der Waals surface area contributed by atoms with E-state index in [2.05, 4.69) is 46.9 Å². The number of aromatic amines is 1. The molecule has 75 heavy (non-hydrogen) atoms.